The molecule has 6 heteroatoms. The molecule has 0 unspecified atom stereocenters. The van der Waals surface area contributed by atoms with Gasteiger partial charge in [0, 0.05) is 19.2 Å². The predicted octanol–water partition coefficient (Wildman–Crippen LogP) is 2.12. The maximum Gasteiger partial charge on any atom is 0.243 e. The zero-order valence-corrected chi connectivity index (χ0v) is 13.2. The summed E-state index contributed by atoms with van der Waals surface area (Å²) in [6.07, 6.45) is 1.08. The lowest BCUT2D eigenvalue weighted by atomic mass is 9.94. The second-order valence-electron chi connectivity index (χ2n) is 6.07. The molecule has 5 nitrogen and oxygen atoms in total. The zero-order chi connectivity index (χ0) is 15.0. The van der Waals surface area contributed by atoms with E-state index in [4.69, 9.17) is 9.47 Å². The van der Waals surface area contributed by atoms with E-state index in [1.54, 1.807) is 22.5 Å². The minimum atomic E-state index is -3.46. The number of piperidine rings is 1. The molecule has 0 radical (unpaired) electrons. The third-order valence-corrected chi connectivity index (χ3v) is 5.81. The van der Waals surface area contributed by atoms with Crippen LogP contribution in [0.5, 0.6) is 11.5 Å². The Balaban J connectivity index is 1.91. The number of nitrogens with zero attached hydrogens (tertiary/aromatic N) is 1. The molecule has 0 saturated carbocycles. The smallest absolute Gasteiger partial charge is 0.243 e. The second-order valence-corrected chi connectivity index (χ2v) is 8.01. The van der Waals surface area contributed by atoms with Crippen LogP contribution in [0, 0.1) is 11.8 Å². The highest BCUT2D eigenvalue weighted by Gasteiger charge is 2.32. The van der Waals surface area contributed by atoms with Crippen LogP contribution in [0.4, 0.5) is 0 Å². The maximum atomic E-state index is 12.8. The molecule has 0 aliphatic carbocycles. The van der Waals surface area contributed by atoms with Crippen LogP contribution in [0.25, 0.3) is 0 Å². The molecule has 2 aliphatic heterocycles. The van der Waals surface area contributed by atoms with Crippen molar-refractivity contribution in [1.29, 1.82) is 0 Å². The van der Waals surface area contributed by atoms with Crippen molar-refractivity contribution in [2.75, 3.05) is 26.3 Å². The summed E-state index contributed by atoms with van der Waals surface area (Å²) in [5.41, 5.74) is 0. The Bertz CT molecular complexity index is 619. The fourth-order valence-electron chi connectivity index (χ4n) is 3.14. The van der Waals surface area contributed by atoms with E-state index in [0.29, 0.717) is 49.6 Å². The molecule has 2 heterocycles. The molecule has 1 saturated heterocycles. The van der Waals surface area contributed by atoms with Gasteiger partial charge in [0.2, 0.25) is 10.0 Å². The van der Waals surface area contributed by atoms with Crippen molar-refractivity contribution >= 4 is 10.0 Å². The quantitative estimate of drug-likeness (QED) is 0.839. The lowest BCUT2D eigenvalue weighted by Crippen LogP contribution is -2.42. The van der Waals surface area contributed by atoms with E-state index in [0.717, 1.165) is 6.42 Å². The molecule has 0 amide bonds. The standard InChI is InChI=1S/C15H21NO4S/c1-11-7-12(2)10-16(9-11)21(17,18)13-3-4-14-15(8-13)20-6-5-19-14/h3-4,8,11-12H,5-7,9-10H2,1-2H3/t11-,12-/m1/s1. The number of benzene rings is 1. The molecule has 0 bridgehead atoms. The number of ether oxygens (including phenoxy) is 2. The van der Waals surface area contributed by atoms with Gasteiger partial charge in [-0.15, -0.1) is 0 Å². The van der Waals surface area contributed by atoms with Crippen LogP contribution in [-0.4, -0.2) is 39.0 Å². The summed E-state index contributed by atoms with van der Waals surface area (Å²) in [5.74, 6) is 1.91. The van der Waals surface area contributed by atoms with E-state index in [1.165, 1.54) is 0 Å². The first-order valence-corrected chi connectivity index (χ1v) is 8.80. The van der Waals surface area contributed by atoms with Gasteiger partial charge in [0.15, 0.2) is 11.5 Å². The number of rotatable bonds is 2. The van der Waals surface area contributed by atoms with Gasteiger partial charge in [-0.25, -0.2) is 8.42 Å². The van der Waals surface area contributed by atoms with E-state index in [1.807, 2.05) is 0 Å². The summed E-state index contributed by atoms with van der Waals surface area (Å²) in [6.45, 7) is 6.32. The zero-order valence-electron chi connectivity index (χ0n) is 12.4. The van der Waals surface area contributed by atoms with Gasteiger partial charge in [-0.05, 0) is 30.4 Å². The van der Waals surface area contributed by atoms with Crippen LogP contribution >= 0.6 is 0 Å². The molecule has 1 fully saturated rings. The van der Waals surface area contributed by atoms with Gasteiger partial charge in [-0.2, -0.15) is 4.31 Å². The molecular formula is C15H21NO4S. The van der Waals surface area contributed by atoms with Crippen molar-refractivity contribution in [2.45, 2.75) is 25.2 Å². The molecule has 2 atom stereocenters. The molecule has 1 aromatic carbocycles. The summed E-state index contributed by atoms with van der Waals surface area (Å²) in [5, 5.41) is 0. The minimum absolute atomic E-state index is 0.285. The number of hydrogen-bond acceptors (Lipinski definition) is 4. The molecule has 1 aromatic rings. The van der Waals surface area contributed by atoms with E-state index in [-0.39, 0.29) is 4.90 Å². The average Bonchev–Trinajstić information content (AvgIpc) is 2.45. The third kappa shape index (κ3) is 2.87. The summed E-state index contributed by atoms with van der Waals surface area (Å²) < 4.78 is 38.1. The molecular weight excluding hydrogens is 290 g/mol. The average molecular weight is 311 g/mol. The Morgan fingerprint density at radius 1 is 1.05 bits per heavy atom. The Kier molecular flexibility index (Phi) is 3.84. The van der Waals surface area contributed by atoms with Crippen LogP contribution in [0.15, 0.2) is 23.1 Å². The van der Waals surface area contributed by atoms with E-state index < -0.39 is 10.0 Å². The first-order valence-electron chi connectivity index (χ1n) is 7.36. The molecule has 21 heavy (non-hydrogen) atoms. The largest absolute Gasteiger partial charge is 0.486 e. The Hall–Kier alpha value is -1.27. The lowest BCUT2D eigenvalue weighted by molar-refractivity contribution is 0.171. The molecule has 0 N–H and O–H groups in total. The van der Waals surface area contributed by atoms with Gasteiger partial charge in [0.25, 0.3) is 0 Å². The highest BCUT2D eigenvalue weighted by Crippen LogP contribution is 2.34. The fourth-order valence-corrected chi connectivity index (χ4v) is 4.83. The van der Waals surface area contributed by atoms with E-state index in [9.17, 15) is 8.42 Å². The number of sulfonamides is 1. The normalized spacial score (nSPS) is 26.6. The van der Waals surface area contributed by atoms with Gasteiger partial charge in [-0.1, -0.05) is 13.8 Å². The van der Waals surface area contributed by atoms with Crippen molar-refractivity contribution in [1.82, 2.24) is 4.31 Å². The second kappa shape index (κ2) is 5.50. The summed E-state index contributed by atoms with van der Waals surface area (Å²) in [7, 11) is -3.46. The third-order valence-electron chi connectivity index (χ3n) is 3.99. The van der Waals surface area contributed by atoms with Crippen molar-refractivity contribution in [2.24, 2.45) is 11.8 Å². The van der Waals surface area contributed by atoms with Crippen LogP contribution in [-0.2, 0) is 10.0 Å². The minimum Gasteiger partial charge on any atom is -0.486 e. The van der Waals surface area contributed by atoms with Crippen LogP contribution in [0.3, 0.4) is 0 Å². The van der Waals surface area contributed by atoms with Gasteiger partial charge >= 0.3 is 0 Å². The maximum absolute atomic E-state index is 12.8. The monoisotopic (exact) mass is 311 g/mol. The first kappa shape index (κ1) is 14.7. The van der Waals surface area contributed by atoms with Gasteiger partial charge in [0.05, 0.1) is 4.90 Å². The van der Waals surface area contributed by atoms with Crippen molar-refractivity contribution in [3.63, 3.8) is 0 Å². The fraction of sp³-hybridized carbons (Fsp3) is 0.600. The molecule has 0 aromatic heterocycles. The molecule has 0 spiro atoms. The SMILES string of the molecule is C[C@@H]1C[C@@H](C)CN(S(=O)(=O)c2ccc3c(c2)OCCO3)C1. The summed E-state index contributed by atoms with van der Waals surface area (Å²) >= 11 is 0. The lowest BCUT2D eigenvalue weighted by Gasteiger charge is -2.34. The van der Waals surface area contributed by atoms with E-state index in [2.05, 4.69) is 13.8 Å². The highest BCUT2D eigenvalue weighted by molar-refractivity contribution is 7.89. The summed E-state index contributed by atoms with van der Waals surface area (Å²) in [4.78, 5) is 0.285. The van der Waals surface area contributed by atoms with Crippen LogP contribution < -0.4 is 9.47 Å². The molecule has 3 rings (SSSR count). The first-order chi connectivity index (χ1) is 9.96. The number of hydrogen-bond donors (Lipinski definition) is 0. The van der Waals surface area contributed by atoms with Crippen molar-refractivity contribution < 1.29 is 17.9 Å². The van der Waals surface area contributed by atoms with Gasteiger partial charge < -0.3 is 9.47 Å². The van der Waals surface area contributed by atoms with Crippen molar-refractivity contribution in [3.8, 4) is 11.5 Å². The Morgan fingerprint density at radius 3 is 2.33 bits per heavy atom. The Morgan fingerprint density at radius 2 is 1.67 bits per heavy atom. The topological polar surface area (TPSA) is 55.8 Å². The molecule has 2 aliphatic rings. The van der Waals surface area contributed by atoms with E-state index >= 15 is 0 Å². The van der Waals surface area contributed by atoms with Crippen LogP contribution in [0.2, 0.25) is 0 Å². The predicted molar refractivity (Wildman–Crippen MR) is 79.1 cm³/mol. The molecule has 116 valence electrons. The highest BCUT2D eigenvalue weighted by atomic mass is 32.2. The van der Waals surface area contributed by atoms with Crippen molar-refractivity contribution in [3.05, 3.63) is 18.2 Å². The Labute approximate surface area is 125 Å². The van der Waals surface area contributed by atoms with Gasteiger partial charge in [0.1, 0.15) is 13.2 Å². The summed E-state index contributed by atoms with van der Waals surface area (Å²) in [6, 6.07) is 4.86. The van der Waals surface area contributed by atoms with Gasteiger partial charge in [-0.3, -0.25) is 0 Å². The van der Waals surface area contributed by atoms with Crippen LogP contribution in [0.1, 0.15) is 20.3 Å². The number of fused-ring (bicyclic) bond motifs is 1.